The Bertz CT molecular complexity index is 383. The summed E-state index contributed by atoms with van der Waals surface area (Å²) >= 11 is 0. The molecular formula is C14H26N4. The third-order valence-corrected chi connectivity index (χ3v) is 3.60. The Morgan fingerprint density at radius 2 is 2.28 bits per heavy atom. The van der Waals surface area contributed by atoms with Crippen LogP contribution < -0.4 is 10.2 Å². The van der Waals surface area contributed by atoms with Crippen LogP contribution in [0.4, 0.5) is 5.69 Å². The zero-order chi connectivity index (χ0) is 13.1. The molecule has 1 aliphatic heterocycles. The fourth-order valence-electron chi connectivity index (χ4n) is 2.69. The van der Waals surface area contributed by atoms with Crippen molar-refractivity contribution in [3.63, 3.8) is 0 Å². The molecule has 0 aliphatic carbocycles. The van der Waals surface area contributed by atoms with Gasteiger partial charge in [-0.15, -0.1) is 0 Å². The second-order valence-electron chi connectivity index (χ2n) is 5.93. The molecular weight excluding hydrogens is 224 g/mol. The Morgan fingerprint density at radius 3 is 2.89 bits per heavy atom. The lowest BCUT2D eigenvalue weighted by Crippen LogP contribution is -2.28. The van der Waals surface area contributed by atoms with Crippen molar-refractivity contribution in [2.45, 2.75) is 27.2 Å². The molecule has 102 valence electrons. The summed E-state index contributed by atoms with van der Waals surface area (Å²) in [5.41, 5.74) is 2.46. The van der Waals surface area contributed by atoms with Crippen molar-refractivity contribution in [1.29, 1.82) is 0 Å². The van der Waals surface area contributed by atoms with Crippen molar-refractivity contribution in [1.82, 2.24) is 15.1 Å². The van der Waals surface area contributed by atoms with Gasteiger partial charge in [0.15, 0.2) is 0 Å². The van der Waals surface area contributed by atoms with E-state index in [4.69, 9.17) is 0 Å². The van der Waals surface area contributed by atoms with Gasteiger partial charge >= 0.3 is 0 Å². The Kier molecular flexibility index (Phi) is 4.27. The van der Waals surface area contributed by atoms with E-state index in [1.807, 2.05) is 11.7 Å². The highest BCUT2D eigenvalue weighted by Gasteiger charge is 2.24. The average Bonchev–Trinajstić information content (AvgIpc) is 2.85. The van der Waals surface area contributed by atoms with E-state index in [-0.39, 0.29) is 0 Å². The summed E-state index contributed by atoms with van der Waals surface area (Å²) < 4.78 is 1.91. The molecule has 1 atom stereocenters. The van der Waals surface area contributed by atoms with Gasteiger partial charge < -0.3 is 10.2 Å². The number of hydrogen-bond donors (Lipinski definition) is 1. The third-order valence-electron chi connectivity index (χ3n) is 3.60. The van der Waals surface area contributed by atoms with Gasteiger partial charge in [-0.05, 0) is 38.3 Å². The lowest BCUT2D eigenvalue weighted by Gasteiger charge is -2.18. The van der Waals surface area contributed by atoms with Crippen molar-refractivity contribution >= 4 is 5.69 Å². The second-order valence-corrected chi connectivity index (χ2v) is 5.93. The molecule has 1 N–H and O–H groups in total. The van der Waals surface area contributed by atoms with Crippen LogP contribution in [0.3, 0.4) is 0 Å². The van der Waals surface area contributed by atoms with Crippen molar-refractivity contribution in [2.24, 2.45) is 18.9 Å². The van der Waals surface area contributed by atoms with Crippen molar-refractivity contribution in [3.8, 4) is 0 Å². The van der Waals surface area contributed by atoms with E-state index in [1.54, 1.807) is 0 Å². The van der Waals surface area contributed by atoms with E-state index in [0.717, 1.165) is 37.2 Å². The minimum atomic E-state index is 0.739. The Labute approximate surface area is 110 Å². The third kappa shape index (κ3) is 3.25. The first-order valence-electron chi connectivity index (χ1n) is 7.02. The topological polar surface area (TPSA) is 33.1 Å². The molecule has 4 nitrogen and oxygen atoms in total. The highest BCUT2D eigenvalue weighted by molar-refractivity contribution is 5.49. The zero-order valence-corrected chi connectivity index (χ0v) is 12.1. The molecule has 0 aromatic carbocycles. The molecule has 2 heterocycles. The molecule has 1 aliphatic rings. The second kappa shape index (κ2) is 5.74. The van der Waals surface area contributed by atoms with Gasteiger partial charge in [-0.3, -0.25) is 4.68 Å². The smallest absolute Gasteiger partial charge is 0.0827 e. The fourth-order valence-corrected chi connectivity index (χ4v) is 2.69. The van der Waals surface area contributed by atoms with Gasteiger partial charge in [0.05, 0.1) is 11.4 Å². The largest absolute Gasteiger partial charge is 0.368 e. The van der Waals surface area contributed by atoms with Gasteiger partial charge in [0.1, 0.15) is 0 Å². The van der Waals surface area contributed by atoms with E-state index < -0.39 is 0 Å². The molecule has 0 spiro atoms. The van der Waals surface area contributed by atoms with Crippen LogP contribution in [0.1, 0.15) is 26.0 Å². The molecule has 1 aromatic rings. The van der Waals surface area contributed by atoms with Crippen LogP contribution in [-0.2, 0) is 7.05 Å². The van der Waals surface area contributed by atoms with Gasteiger partial charge in [0.25, 0.3) is 0 Å². The normalized spacial score (nSPS) is 20.1. The Hall–Kier alpha value is -1.03. The number of nitrogens with zero attached hydrogens (tertiary/aromatic N) is 3. The number of nitrogens with one attached hydrogen (secondary N) is 1. The van der Waals surface area contributed by atoms with Gasteiger partial charge in [0, 0.05) is 26.3 Å². The molecule has 0 radical (unpaired) electrons. The van der Waals surface area contributed by atoms with Gasteiger partial charge in [-0.2, -0.15) is 5.10 Å². The maximum Gasteiger partial charge on any atom is 0.0827 e. The Balaban J connectivity index is 1.83. The van der Waals surface area contributed by atoms with Gasteiger partial charge in [0.2, 0.25) is 0 Å². The monoisotopic (exact) mass is 250 g/mol. The molecule has 0 saturated carbocycles. The minimum absolute atomic E-state index is 0.739. The van der Waals surface area contributed by atoms with Crippen LogP contribution in [0.25, 0.3) is 0 Å². The summed E-state index contributed by atoms with van der Waals surface area (Å²) in [4.78, 5) is 2.48. The lowest BCUT2D eigenvalue weighted by atomic mass is 10.1. The van der Waals surface area contributed by atoms with Gasteiger partial charge in [-0.25, -0.2) is 0 Å². The zero-order valence-electron chi connectivity index (χ0n) is 12.1. The quantitative estimate of drug-likeness (QED) is 0.865. The maximum absolute atomic E-state index is 4.43. The number of aromatic nitrogens is 2. The van der Waals surface area contributed by atoms with Gasteiger partial charge in [-0.1, -0.05) is 13.8 Å². The summed E-state index contributed by atoms with van der Waals surface area (Å²) in [5, 5.41) is 8.00. The number of aryl methyl sites for hydroxylation is 2. The lowest BCUT2D eigenvalue weighted by molar-refractivity contribution is 0.477. The average molecular weight is 250 g/mol. The van der Waals surface area contributed by atoms with Crippen molar-refractivity contribution in [3.05, 3.63) is 11.9 Å². The molecule has 1 fully saturated rings. The molecule has 0 bridgehead atoms. The maximum atomic E-state index is 4.43. The summed E-state index contributed by atoms with van der Waals surface area (Å²) in [7, 11) is 1.99. The van der Waals surface area contributed by atoms with E-state index in [1.165, 1.54) is 18.7 Å². The highest BCUT2D eigenvalue weighted by Crippen LogP contribution is 2.25. The van der Waals surface area contributed by atoms with Crippen LogP contribution in [0.5, 0.6) is 0 Å². The molecule has 1 unspecified atom stereocenters. The SMILES string of the molecule is Cc1nn(C)cc1N1CCC(CNCC(C)C)C1. The first kappa shape index (κ1) is 13.4. The van der Waals surface area contributed by atoms with Crippen LogP contribution in [0.15, 0.2) is 6.20 Å². The van der Waals surface area contributed by atoms with E-state index in [2.05, 4.69) is 42.3 Å². The summed E-state index contributed by atoms with van der Waals surface area (Å²) in [6.45, 7) is 11.2. The predicted molar refractivity (Wildman–Crippen MR) is 76.0 cm³/mol. The van der Waals surface area contributed by atoms with Crippen molar-refractivity contribution in [2.75, 3.05) is 31.1 Å². The first-order chi connectivity index (χ1) is 8.56. The summed E-state index contributed by atoms with van der Waals surface area (Å²) in [6.07, 6.45) is 3.43. The van der Waals surface area contributed by atoms with E-state index >= 15 is 0 Å². The van der Waals surface area contributed by atoms with Crippen LogP contribution in [0, 0.1) is 18.8 Å². The molecule has 18 heavy (non-hydrogen) atoms. The highest BCUT2D eigenvalue weighted by atomic mass is 15.3. The number of hydrogen-bond acceptors (Lipinski definition) is 3. The number of anilines is 1. The summed E-state index contributed by atoms with van der Waals surface area (Å²) in [6, 6.07) is 0. The summed E-state index contributed by atoms with van der Waals surface area (Å²) in [5.74, 6) is 1.52. The van der Waals surface area contributed by atoms with Crippen LogP contribution in [0.2, 0.25) is 0 Å². The molecule has 0 amide bonds. The standard InChI is InChI=1S/C14H26N4/c1-11(2)7-15-8-13-5-6-18(9-13)14-10-17(4)16-12(14)3/h10-11,13,15H,5-9H2,1-4H3. The first-order valence-corrected chi connectivity index (χ1v) is 7.02. The Morgan fingerprint density at radius 1 is 1.50 bits per heavy atom. The molecule has 1 saturated heterocycles. The van der Waals surface area contributed by atoms with E-state index in [0.29, 0.717) is 0 Å². The molecule has 1 aromatic heterocycles. The van der Waals surface area contributed by atoms with Crippen LogP contribution >= 0.6 is 0 Å². The molecule has 4 heteroatoms. The molecule has 2 rings (SSSR count). The fraction of sp³-hybridized carbons (Fsp3) is 0.786. The predicted octanol–water partition coefficient (Wildman–Crippen LogP) is 1.80. The minimum Gasteiger partial charge on any atom is -0.368 e. The van der Waals surface area contributed by atoms with Crippen molar-refractivity contribution < 1.29 is 0 Å². The van der Waals surface area contributed by atoms with Crippen LogP contribution in [-0.4, -0.2) is 36.0 Å². The van der Waals surface area contributed by atoms with E-state index in [9.17, 15) is 0 Å². The number of rotatable bonds is 5.